The minimum atomic E-state index is -0.338. The van der Waals surface area contributed by atoms with Crippen LogP contribution in [0.2, 0.25) is 0 Å². The Balaban J connectivity index is 1.30. The summed E-state index contributed by atoms with van der Waals surface area (Å²) in [6.45, 7) is 5.55. The number of aryl methyl sites for hydroxylation is 1. The summed E-state index contributed by atoms with van der Waals surface area (Å²) in [5.74, 6) is 0.433. The molecule has 1 aliphatic rings. The van der Waals surface area contributed by atoms with Gasteiger partial charge in [0.25, 0.3) is 5.56 Å². The topological polar surface area (TPSA) is 77.2 Å². The number of anilines is 2. The van der Waals surface area contributed by atoms with Gasteiger partial charge in [-0.2, -0.15) is 0 Å². The molecule has 3 aromatic heterocycles. The monoisotopic (exact) mass is 432 g/mol. The molecule has 0 spiro atoms. The molecule has 1 aromatic carbocycles. The van der Waals surface area contributed by atoms with Crippen LogP contribution in [0.4, 0.5) is 15.9 Å². The molecule has 4 heterocycles. The summed E-state index contributed by atoms with van der Waals surface area (Å²) in [4.78, 5) is 28.1. The van der Waals surface area contributed by atoms with E-state index in [0.717, 1.165) is 48.6 Å². The number of rotatable bonds is 4. The van der Waals surface area contributed by atoms with Gasteiger partial charge in [0, 0.05) is 67.9 Å². The molecule has 32 heavy (non-hydrogen) atoms. The lowest BCUT2D eigenvalue weighted by molar-refractivity contribution is 0.247. The van der Waals surface area contributed by atoms with Gasteiger partial charge in [0.05, 0.1) is 17.4 Å². The number of aromatic amines is 1. The van der Waals surface area contributed by atoms with E-state index in [-0.39, 0.29) is 16.9 Å². The van der Waals surface area contributed by atoms with Crippen LogP contribution < -0.4 is 15.8 Å². The van der Waals surface area contributed by atoms with Gasteiger partial charge in [-0.05, 0) is 25.1 Å². The molecule has 0 radical (unpaired) electrons. The fourth-order valence-corrected chi connectivity index (χ4v) is 4.32. The molecule has 7 nitrogen and oxygen atoms in total. The van der Waals surface area contributed by atoms with Gasteiger partial charge < -0.3 is 15.2 Å². The molecular weight excluding hydrogens is 407 g/mol. The third kappa shape index (κ3) is 3.67. The summed E-state index contributed by atoms with van der Waals surface area (Å²) in [6, 6.07) is 9.54. The second-order valence-corrected chi connectivity index (χ2v) is 8.22. The number of aromatic nitrogens is 3. The van der Waals surface area contributed by atoms with Crippen LogP contribution in [-0.4, -0.2) is 53.1 Å². The lowest BCUT2D eigenvalue weighted by Gasteiger charge is -2.36. The van der Waals surface area contributed by atoms with Gasteiger partial charge in [-0.3, -0.25) is 14.7 Å². The van der Waals surface area contributed by atoms with E-state index in [1.54, 1.807) is 19.2 Å². The number of hydrogen-bond acceptors (Lipinski definition) is 6. The number of nitrogens with zero attached hydrogens (tertiary/aromatic N) is 4. The van der Waals surface area contributed by atoms with Crippen LogP contribution in [0.3, 0.4) is 0 Å². The second-order valence-electron chi connectivity index (χ2n) is 8.22. The van der Waals surface area contributed by atoms with Crippen LogP contribution in [0, 0.1) is 12.7 Å². The van der Waals surface area contributed by atoms with E-state index < -0.39 is 0 Å². The molecule has 0 unspecified atom stereocenters. The van der Waals surface area contributed by atoms with Gasteiger partial charge in [0.15, 0.2) is 11.6 Å². The Labute approximate surface area is 184 Å². The average Bonchev–Trinajstić information content (AvgIpc) is 2.82. The Morgan fingerprint density at radius 1 is 1.09 bits per heavy atom. The molecule has 1 aliphatic heterocycles. The Morgan fingerprint density at radius 3 is 2.69 bits per heavy atom. The summed E-state index contributed by atoms with van der Waals surface area (Å²) in [5.41, 5.74) is 3.16. The highest BCUT2D eigenvalue weighted by Gasteiger charge is 2.20. The van der Waals surface area contributed by atoms with Crippen LogP contribution in [0.5, 0.6) is 0 Å². The normalized spacial score (nSPS) is 14.9. The summed E-state index contributed by atoms with van der Waals surface area (Å²) in [6.07, 6.45) is 3.67. The van der Waals surface area contributed by atoms with Crippen LogP contribution in [0.1, 0.15) is 11.1 Å². The first-order valence-corrected chi connectivity index (χ1v) is 10.7. The zero-order chi connectivity index (χ0) is 22.2. The smallest absolute Gasteiger partial charge is 0.251 e. The second kappa shape index (κ2) is 8.20. The molecule has 2 N–H and O–H groups in total. The highest BCUT2D eigenvalue weighted by atomic mass is 19.1. The molecule has 0 atom stereocenters. The Kier molecular flexibility index (Phi) is 5.22. The number of piperazine rings is 1. The van der Waals surface area contributed by atoms with Gasteiger partial charge in [-0.25, -0.2) is 9.37 Å². The van der Waals surface area contributed by atoms with Gasteiger partial charge >= 0.3 is 0 Å². The van der Waals surface area contributed by atoms with Crippen molar-refractivity contribution in [2.24, 2.45) is 0 Å². The Bertz CT molecular complexity index is 1360. The maximum absolute atomic E-state index is 15.1. The van der Waals surface area contributed by atoms with Crippen molar-refractivity contribution in [3.8, 4) is 0 Å². The fraction of sp³-hybridized carbons (Fsp3) is 0.292. The number of hydrogen-bond donors (Lipinski definition) is 2. The van der Waals surface area contributed by atoms with Gasteiger partial charge in [0.2, 0.25) is 0 Å². The largest absolute Gasteiger partial charge is 0.371 e. The number of halogens is 1. The van der Waals surface area contributed by atoms with Gasteiger partial charge in [0.1, 0.15) is 5.52 Å². The van der Waals surface area contributed by atoms with E-state index in [4.69, 9.17) is 0 Å². The van der Waals surface area contributed by atoms with Crippen molar-refractivity contribution in [1.82, 2.24) is 19.9 Å². The molecule has 0 bridgehead atoms. The molecule has 4 aromatic rings. The van der Waals surface area contributed by atoms with Crippen molar-refractivity contribution in [3.05, 3.63) is 70.0 Å². The van der Waals surface area contributed by atoms with Gasteiger partial charge in [-0.1, -0.05) is 12.1 Å². The summed E-state index contributed by atoms with van der Waals surface area (Å²) >= 11 is 0. The number of benzene rings is 1. The lowest BCUT2D eigenvalue weighted by atomic mass is 10.1. The van der Waals surface area contributed by atoms with Crippen molar-refractivity contribution in [3.63, 3.8) is 0 Å². The van der Waals surface area contributed by atoms with E-state index in [1.165, 1.54) is 0 Å². The maximum Gasteiger partial charge on any atom is 0.251 e. The fourth-order valence-electron chi connectivity index (χ4n) is 4.32. The molecule has 164 valence electrons. The van der Waals surface area contributed by atoms with Crippen molar-refractivity contribution >= 4 is 33.3 Å². The van der Waals surface area contributed by atoms with E-state index >= 15 is 4.39 Å². The van der Waals surface area contributed by atoms with Crippen LogP contribution in [0.15, 0.2) is 47.5 Å². The molecular formula is C24H25FN6O. The average molecular weight is 433 g/mol. The first kappa shape index (κ1) is 20.4. The Hall–Kier alpha value is -3.52. The van der Waals surface area contributed by atoms with Crippen LogP contribution >= 0.6 is 0 Å². The van der Waals surface area contributed by atoms with Crippen molar-refractivity contribution in [2.75, 3.05) is 43.4 Å². The lowest BCUT2D eigenvalue weighted by Crippen LogP contribution is -2.46. The minimum Gasteiger partial charge on any atom is -0.371 e. The minimum absolute atomic E-state index is 0.247. The summed E-state index contributed by atoms with van der Waals surface area (Å²) < 4.78 is 15.1. The summed E-state index contributed by atoms with van der Waals surface area (Å²) in [5, 5.41) is 4.84. The van der Waals surface area contributed by atoms with E-state index in [0.29, 0.717) is 23.1 Å². The predicted octanol–water partition coefficient (Wildman–Crippen LogP) is 3.28. The van der Waals surface area contributed by atoms with Crippen molar-refractivity contribution in [2.45, 2.75) is 13.5 Å². The number of nitrogens with one attached hydrogen (secondary N) is 2. The molecule has 0 amide bonds. The first-order chi connectivity index (χ1) is 15.5. The molecule has 1 fully saturated rings. The van der Waals surface area contributed by atoms with Crippen LogP contribution in [0.25, 0.3) is 21.8 Å². The molecule has 0 aliphatic carbocycles. The zero-order valence-electron chi connectivity index (χ0n) is 18.2. The summed E-state index contributed by atoms with van der Waals surface area (Å²) in [7, 11) is 1.84. The first-order valence-electron chi connectivity index (χ1n) is 10.7. The van der Waals surface area contributed by atoms with E-state index in [9.17, 15) is 4.79 Å². The Morgan fingerprint density at radius 2 is 1.91 bits per heavy atom. The quantitative estimate of drug-likeness (QED) is 0.515. The van der Waals surface area contributed by atoms with E-state index in [1.807, 2.05) is 31.4 Å². The van der Waals surface area contributed by atoms with Crippen LogP contribution in [-0.2, 0) is 6.54 Å². The molecule has 0 saturated carbocycles. The number of fused-ring (bicyclic) bond motifs is 2. The third-order valence-corrected chi connectivity index (χ3v) is 6.18. The predicted molar refractivity (Wildman–Crippen MR) is 126 cm³/mol. The van der Waals surface area contributed by atoms with Crippen molar-refractivity contribution < 1.29 is 4.39 Å². The molecule has 5 rings (SSSR count). The van der Waals surface area contributed by atoms with Crippen molar-refractivity contribution in [1.29, 1.82) is 0 Å². The zero-order valence-corrected chi connectivity index (χ0v) is 18.2. The highest BCUT2D eigenvalue weighted by Crippen LogP contribution is 2.25. The van der Waals surface area contributed by atoms with E-state index in [2.05, 4.69) is 36.1 Å². The van der Waals surface area contributed by atoms with Gasteiger partial charge in [-0.15, -0.1) is 0 Å². The number of pyridine rings is 3. The maximum atomic E-state index is 15.1. The number of H-pyrrole nitrogens is 1. The SMILES string of the molecule is CNc1nccc2cc(N3CCN(Cc4ccc5cc(C)c(=O)[nH]c5c4F)CC3)cnc12. The third-order valence-electron chi connectivity index (χ3n) is 6.18. The molecule has 8 heteroatoms. The standard InChI is InChI=1S/C24H25FN6O/c1-15-11-16-3-4-18(20(25)21(16)29-24(15)32)14-30-7-9-31(10-8-30)19-12-17-5-6-27-23(26-2)22(17)28-13-19/h3-6,11-13H,7-10,14H2,1-2H3,(H,26,27)(H,29,32). The highest BCUT2D eigenvalue weighted by molar-refractivity contribution is 5.89. The molecule has 1 saturated heterocycles.